The lowest BCUT2D eigenvalue weighted by atomic mass is 9.45. The normalized spacial score (nSPS) is 43.6. The Hall–Kier alpha value is -1.70. The number of hydrogen-bond donors (Lipinski definition) is 0. The Bertz CT molecular complexity index is 822. The van der Waals surface area contributed by atoms with Crippen molar-refractivity contribution in [1.29, 1.82) is 0 Å². The van der Waals surface area contributed by atoms with Crippen LogP contribution in [0.4, 0.5) is 0 Å². The second-order valence-corrected chi connectivity index (χ2v) is 9.98. The molecule has 0 saturated heterocycles. The van der Waals surface area contributed by atoms with Crippen molar-refractivity contribution in [2.24, 2.45) is 28.6 Å². The summed E-state index contributed by atoms with van der Waals surface area (Å²) in [6, 6.07) is 10.8. The van der Waals surface area contributed by atoms with Gasteiger partial charge >= 0.3 is 0 Å². The SMILES string of the molecule is C[C@]12CCC(=O)C=C1[C@@H](c1ccccc1)C[C@@H]1[C@@H]2CC[C@]2(C)C(=O)CC[C@@H]12. The number of ketones is 2. The van der Waals surface area contributed by atoms with Gasteiger partial charge in [-0.3, -0.25) is 9.59 Å². The van der Waals surface area contributed by atoms with Gasteiger partial charge in [0.2, 0.25) is 0 Å². The minimum Gasteiger partial charge on any atom is -0.299 e. The first-order chi connectivity index (χ1) is 12.9. The molecule has 0 aliphatic heterocycles. The standard InChI is InChI=1S/C25H30O2/c1-24-12-10-17(26)14-22(24)18(16-6-4-3-5-7-16)15-19-20-8-9-23(27)25(20,2)13-11-21(19)24/h3-7,14,18-21H,8-13,15H2,1-2H3/t18-,19+,20+,21+,24-,25+/m1/s1. The Morgan fingerprint density at radius 3 is 2.41 bits per heavy atom. The zero-order chi connectivity index (χ0) is 18.8. The topological polar surface area (TPSA) is 34.1 Å². The molecule has 1 aromatic rings. The van der Waals surface area contributed by atoms with E-state index in [1.54, 1.807) is 0 Å². The molecule has 1 aromatic carbocycles. The maximum atomic E-state index is 12.7. The molecule has 4 aliphatic rings. The molecule has 0 bridgehead atoms. The maximum absolute atomic E-state index is 12.7. The molecule has 3 fully saturated rings. The van der Waals surface area contributed by atoms with E-state index in [1.165, 1.54) is 11.1 Å². The fourth-order valence-electron chi connectivity index (χ4n) is 7.41. The molecule has 0 heterocycles. The number of carbonyl (C=O) groups is 2. The van der Waals surface area contributed by atoms with Crippen LogP contribution in [0.25, 0.3) is 0 Å². The summed E-state index contributed by atoms with van der Waals surface area (Å²) in [4.78, 5) is 25.1. The Labute approximate surface area is 162 Å². The first-order valence-corrected chi connectivity index (χ1v) is 10.8. The quantitative estimate of drug-likeness (QED) is 0.663. The van der Waals surface area contributed by atoms with Gasteiger partial charge in [-0.2, -0.15) is 0 Å². The van der Waals surface area contributed by atoms with Crippen LogP contribution in [0.2, 0.25) is 0 Å². The van der Waals surface area contributed by atoms with E-state index in [1.807, 2.05) is 6.08 Å². The molecular formula is C25H30O2. The van der Waals surface area contributed by atoms with Crippen LogP contribution in [0.15, 0.2) is 42.0 Å². The van der Waals surface area contributed by atoms with Crippen molar-refractivity contribution in [3.05, 3.63) is 47.5 Å². The molecule has 0 radical (unpaired) electrons. The molecule has 0 spiro atoms. The minimum absolute atomic E-state index is 0.0928. The van der Waals surface area contributed by atoms with Gasteiger partial charge in [0.05, 0.1) is 0 Å². The third kappa shape index (κ3) is 2.38. The molecule has 4 aliphatic carbocycles. The highest BCUT2D eigenvalue weighted by Gasteiger charge is 2.60. The first-order valence-electron chi connectivity index (χ1n) is 10.8. The van der Waals surface area contributed by atoms with Crippen LogP contribution in [0, 0.1) is 28.6 Å². The van der Waals surface area contributed by atoms with E-state index in [9.17, 15) is 9.59 Å². The summed E-state index contributed by atoms with van der Waals surface area (Å²) < 4.78 is 0. The number of hydrogen-bond acceptors (Lipinski definition) is 2. The lowest BCUT2D eigenvalue weighted by molar-refractivity contribution is -0.132. The highest BCUT2D eigenvalue weighted by Crippen LogP contribution is 2.66. The minimum atomic E-state index is -0.0928. The Morgan fingerprint density at radius 1 is 0.889 bits per heavy atom. The molecular weight excluding hydrogens is 332 g/mol. The van der Waals surface area contributed by atoms with Crippen LogP contribution in [0.1, 0.15) is 70.3 Å². The summed E-state index contributed by atoms with van der Waals surface area (Å²) in [7, 11) is 0. The fourth-order valence-corrected chi connectivity index (χ4v) is 7.41. The van der Waals surface area contributed by atoms with Crippen molar-refractivity contribution in [3.63, 3.8) is 0 Å². The molecule has 6 atom stereocenters. The Kier molecular flexibility index (Phi) is 3.80. The summed E-state index contributed by atoms with van der Waals surface area (Å²) in [5.74, 6) is 2.91. The van der Waals surface area contributed by atoms with Gasteiger partial charge in [0.15, 0.2) is 5.78 Å². The van der Waals surface area contributed by atoms with Crippen molar-refractivity contribution in [2.45, 2.75) is 64.7 Å². The van der Waals surface area contributed by atoms with Crippen molar-refractivity contribution >= 4 is 11.6 Å². The smallest absolute Gasteiger partial charge is 0.155 e. The molecule has 3 saturated carbocycles. The number of fused-ring (bicyclic) bond motifs is 5. The average molecular weight is 363 g/mol. The summed E-state index contributed by atoms with van der Waals surface area (Å²) >= 11 is 0. The second kappa shape index (κ2) is 5.90. The lowest BCUT2D eigenvalue weighted by Crippen LogP contribution is -2.52. The molecule has 0 aromatic heterocycles. The number of Topliss-reactive ketones (excluding diaryl/α,β-unsaturated/α-hetero) is 1. The van der Waals surface area contributed by atoms with E-state index in [2.05, 4.69) is 44.2 Å². The summed E-state index contributed by atoms with van der Waals surface area (Å²) in [6.07, 6.45) is 8.83. The predicted molar refractivity (Wildman–Crippen MR) is 106 cm³/mol. The number of benzene rings is 1. The Balaban J connectivity index is 1.62. The van der Waals surface area contributed by atoms with Crippen LogP contribution >= 0.6 is 0 Å². The highest BCUT2D eigenvalue weighted by molar-refractivity contribution is 5.92. The molecule has 27 heavy (non-hydrogen) atoms. The largest absolute Gasteiger partial charge is 0.299 e. The zero-order valence-corrected chi connectivity index (χ0v) is 16.5. The van der Waals surface area contributed by atoms with E-state index < -0.39 is 0 Å². The molecule has 2 heteroatoms. The highest BCUT2D eigenvalue weighted by atomic mass is 16.1. The zero-order valence-electron chi connectivity index (χ0n) is 16.5. The monoisotopic (exact) mass is 362 g/mol. The number of allylic oxidation sites excluding steroid dienone is 1. The first kappa shape index (κ1) is 17.4. The van der Waals surface area contributed by atoms with Crippen molar-refractivity contribution < 1.29 is 9.59 Å². The van der Waals surface area contributed by atoms with Crippen molar-refractivity contribution in [3.8, 4) is 0 Å². The van der Waals surface area contributed by atoms with E-state index in [-0.39, 0.29) is 10.8 Å². The molecule has 142 valence electrons. The summed E-state index contributed by atoms with van der Waals surface area (Å²) in [5.41, 5.74) is 2.76. The fraction of sp³-hybridized carbons (Fsp3) is 0.600. The van der Waals surface area contributed by atoms with E-state index in [0.717, 1.165) is 38.5 Å². The molecule has 5 rings (SSSR count). The van der Waals surface area contributed by atoms with Gasteiger partial charge < -0.3 is 0 Å². The van der Waals surface area contributed by atoms with Crippen LogP contribution in [-0.4, -0.2) is 11.6 Å². The van der Waals surface area contributed by atoms with Gasteiger partial charge in [-0.1, -0.05) is 49.8 Å². The van der Waals surface area contributed by atoms with Crippen molar-refractivity contribution in [1.82, 2.24) is 0 Å². The lowest BCUT2D eigenvalue weighted by Gasteiger charge is -2.59. The molecule has 2 nitrogen and oxygen atoms in total. The van der Waals surface area contributed by atoms with Crippen LogP contribution in [0.5, 0.6) is 0 Å². The van der Waals surface area contributed by atoms with Gasteiger partial charge in [0.1, 0.15) is 5.78 Å². The van der Waals surface area contributed by atoms with Crippen LogP contribution < -0.4 is 0 Å². The second-order valence-electron chi connectivity index (χ2n) is 9.98. The van der Waals surface area contributed by atoms with Gasteiger partial charge in [-0.25, -0.2) is 0 Å². The van der Waals surface area contributed by atoms with Crippen molar-refractivity contribution in [2.75, 3.05) is 0 Å². The van der Waals surface area contributed by atoms with Crippen LogP contribution in [0.3, 0.4) is 0 Å². The molecule has 0 amide bonds. The predicted octanol–water partition coefficient (Wildman–Crippen LogP) is 5.48. The summed E-state index contributed by atoms with van der Waals surface area (Å²) in [5, 5.41) is 0. The van der Waals surface area contributed by atoms with Gasteiger partial charge in [0.25, 0.3) is 0 Å². The molecule has 0 unspecified atom stereocenters. The average Bonchev–Trinajstić information content (AvgIpc) is 2.98. The molecule has 0 N–H and O–H groups in total. The van der Waals surface area contributed by atoms with E-state index >= 15 is 0 Å². The maximum Gasteiger partial charge on any atom is 0.155 e. The number of carbonyl (C=O) groups excluding carboxylic acids is 2. The third-order valence-electron chi connectivity index (χ3n) is 8.92. The number of rotatable bonds is 1. The summed E-state index contributed by atoms with van der Waals surface area (Å²) in [6.45, 7) is 4.68. The van der Waals surface area contributed by atoms with Crippen LogP contribution in [-0.2, 0) is 9.59 Å². The van der Waals surface area contributed by atoms with Gasteiger partial charge in [-0.15, -0.1) is 0 Å². The van der Waals surface area contributed by atoms with Gasteiger partial charge in [0, 0.05) is 24.2 Å². The van der Waals surface area contributed by atoms with E-state index in [4.69, 9.17) is 0 Å². The van der Waals surface area contributed by atoms with Gasteiger partial charge in [-0.05, 0) is 66.9 Å². The van der Waals surface area contributed by atoms with E-state index in [0.29, 0.717) is 41.7 Å². The third-order valence-corrected chi connectivity index (χ3v) is 8.92. The Morgan fingerprint density at radius 2 is 1.63 bits per heavy atom.